The van der Waals surface area contributed by atoms with Gasteiger partial charge in [0.25, 0.3) is 5.56 Å². The van der Waals surface area contributed by atoms with Gasteiger partial charge in [0.2, 0.25) is 6.79 Å². The van der Waals surface area contributed by atoms with E-state index < -0.39 is 0 Å². The third kappa shape index (κ3) is 4.42. The molecule has 0 bridgehead atoms. The molecule has 2 aromatic heterocycles. The smallest absolute Gasteiger partial charge is 0.252 e. The van der Waals surface area contributed by atoms with Crippen LogP contribution >= 0.6 is 0 Å². The van der Waals surface area contributed by atoms with Crippen LogP contribution in [-0.2, 0) is 12.1 Å². The van der Waals surface area contributed by atoms with E-state index in [9.17, 15) is 4.79 Å². The van der Waals surface area contributed by atoms with E-state index >= 15 is 0 Å². The third-order valence-electron chi connectivity index (χ3n) is 7.75. The highest BCUT2D eigenvalue weighted by atomic mass is 16.7. The van der Waals surface area contributed by atoms with Gasteiger partial charge in [-0.15, -0.1) is 5.10 Å². The minimum atomic E-state index is -0.198. The van der Waals surface area contributed by atoms with Crippen molar-refractivity contribution in [2.45, 2.75) is 90.9 Å². The van der Waals surface area contributed by atoms with Crippen molar-refractivity contribution in [3.8, 4) is 11.5 Å². The van der Waals surface area contributed by atoms with Gasteiger partial charge in [0, 0.05) is 29.6 Å². The van der Waals surface area contributed by atoms with Gasteiger partial charge in [-0.05, 0) is 61.6 Å². The van der Waals surface area contributed by atoms with E-state index in [1.165, 1.54) is 12.8 Å². The van der Waals surface area contributed by atoms with E-state index in [1.807, 2.05) is 22.9 Å². The summed E-state index contributed by atoms with van der Waals surface area (Å²) in [6.45, 7) is 11.7. The maximum Gasteiger partial charge on any atom is 0.252 e. The lowest BCUT2D eigenvalue weighted by atomic mass is 9.95. The summed E-state index contributed by atoms with van der Waals surface area (Å²) < 4.78 is 13.0. The Morgan fingerprint density at radius 1 is 1.17 bits per heavy atom. The molecule has 1 saturated carbocycles. The van der Waals surface area contributed by atoms with Crippen LogP contribution in [0.4, 0.5) is 0 Å². The van der Waals surface area contributed by atoms with Crippen LogP contribution in [0, 0.1) is 5.92 Å². The fraction of sp³-hybridized carbons (Fsp3) is 0.615. The predicted molar refractivity (Wildman–Crippen MR) is 133 cm³/mol. The monoisotopic (exact) mass is 480 g/mol. The summed E-state index contributed by atoms with van der Waals surface area (Å²) in [6, 6.07) is 6.15. The predicted octanol–water partition coefficient (Wildman–Crippen LogP) is 4.53. The van der Waals surface area contributed by atoms with E-state index in [2.05, 4.69) is 60.0 Å². The van der Waals surface area contributed by atoms with E-state index in [4.69, 9.17) is 9.47 Å². The Labute approximate surface area is 205 Å². The zero-order valence-corrected chi connectivity index (χ0v) is 21.4. The number of nitrogens with zero attached hydrogens (tertiary/aromatic N) is 5. The number of aromatic amines is 1. The number of rotatable bonds is 8. The summed E-state index contributed by atoms with van der Waals surface area (Å²) in [6.07, 6.45) is 5.56. The highest BCUT2D eigenvalue weighted by Crippen LogP contribution is 2.38. The second-order valence-electron chi connectivity index (χ2n) is 10.8. The van der Waals surface area contributed by atoms with Crippen LogP contribution in [0.2, 0.25) is 0 Å². The molecule has 2 aliphatic rings. The molecule has 0 amide bonds. The molecule has 0 saturated heterocycles. The molecule has 5 rings (SSSR count). The number of hydrogen-bond acceptors (Lipinski definition) is 7. The van der Waals surface area contributed by atoms with Crippen LogP contribution in [0.25, 0.3) is 10.9 Å². The van der Waals surface area contributed by atoms with Crippen LogP contribution in [0.5, 0.6) is 11.5 Å². The molecule has 0 radical (unpaired) electrons. The molecule has 1 aromatic carbocycles. The molecule has 188 valence electrons. The Morgan fingerprint density at radius 2 is 1.89 bits per heavy atom. The standard InChI is InChI=1S/C26H36N6O3/c1-6-26(4,5)32-24(28-29-30-32)23(16(2)3)31(19-9-7-8-10-19)14-18-11-17-12-21-22(35-15-34-21)13-20(17)27-25(18)33/h11-13,16,19,23H,6-10,14-15H2,1-5H3,(H,27,33)/t23-/m1/s1. The Hall–Kier alpha value is -2.94. The van der Waals surface area contributed by atoms with Crippen LogP contribution in [0.1, 0.15) is 84.2 Å². The van der Waals surface area contributed by atoms with Crippen molar-refractivity contribution in [3.63, 3.8) is 0 Å². The molecule has 1 aliphatic carbocycles. The number of pyridine rings is 1. The van der Waals surface area contributed by atoms with Gasteiger partial charge in [-0.3, -0.25) is 9.69 Å². The number of nitrogens with one attached hydrogen (secondary N) is 1. The highest BCUT2D eigenvalue weighted by molar-refractivity contribution is 5.83. The largest absolute Gasteiger partial charge is 0.454 e. The summed E-state index contributed by atoms with van der Waals surface area (Å²) in [4.78, 5) is 18.8. The zero-order chi connectivity index (χ0) is 24.7. The summed E-state index contributed by atoms with van der Waals surface area (Å²) in [5, 5.41) is 14.0. The van der Waals surface area contributed by atoms with Crippen LogP contribution < -0.4 is 15.0 Å². The second-order valence-corrected chi connectivity index (χ2v) is 10.8. The summed E-state index contributed by atoms with van der Waals surface area (Å²) in [5.41, 5.74) is 1.22. The molecule has 1 N–H and O–H groups in total. The zero-order valence-electron chi connectivity index (χ0n) is 21.4. The van der Waals surface area contributed by atoms with E-state index in [0.717, 1.165) is 41.6 Å². The van der Waals surface area contributed by atoms with E-state index in [1.54, 1.807) is 0 Å². The SMILES string of the molecule is CCC(C)(C)n1nnnc1[C@@H](C(C)C)N(Cc1cc2cc3c(cc2[nH]c1=O)OCO3)C1CCCC1. The molecular formula is C26H36N6O3. The number of benzene rings is 1. The Kier molecular flexibility index (Phi) is 6.29. The molecule has 3 aromatic rings. The van der Waals surface area contributed by atoms with Crippen LogP contribution in [0.3, 0.4) is 0 Å². The average molecular weight is 481 g/mol. The minimum absolute atomic E-state index is 0.00854. The number of fused-ring (bicyclic) bond motifs is 2. The summed E-state index contributed by atoms with van der Waals surface area (Å²) in [5.74, 6) is 2.52. The highest BCUT2D eigenvalue weighted by Gasteiger charge is 2.37. The minimum Gasteiger partial charge on any atom is -0.454 e. The topological polar surface area (TPSA) is 98.2 Å². The van der Waals surface area contributed by atoms with Gasteiger partial charge in [-0.25, -0.2) is 4.68 Å². The first kappa shape index (κ1) is 23.8. The Morgan fingerprint density at radius 3 is 2.57 bits per heavy atom. The van der Waals surface area contributed by atoms with Gasteiger partial charge < -0.3 is 14.5 Å². The van der Waals surface area contributed by atoms with Crippen LogP contribution in [-0.4, -0.2) is 42.9 Å². The summed E-state index contributed by atoms with van der Waals surface area (Å²) >= 11 is 0. The first-order valence-corrected chi connectivity index (χ1v) is 12.8. The third-order valence-corrected chi connectivity index (χ3v) is 7.75. The Balaban J connectivity index is 1.57. The number of H-pyrrole nitrogens is 1. The lowest BCUT2D eigenvalue weighted by molar-refractivity contribution is 0.0791. The number of tetrazole rings is 1. The van der Waals surface area contributed by atoms with Gasteiger partial charge in [0.15, 0.2) is 17.3 Å². The quantitative estimate of drug-likeness (QED) is 0.506. The molecule has 35 heavy (non-hydrogen) atoms. The van der Waals surface area contributed by atoms with Gasteiger partial charge in [-0.1, -0.05) is 33.6 Å². The molecule has 9 heteroatoms. The first-order chi connectivity index (χ1) is 16.8. The van der Waals surface area contributed by atoms with Crippen molar-refractivity contribution in [1.82, 2.24) is 30.1 Å². The number of ether oxygens (including phenoxy) is 2. The molecule has 0 unspecified atom stereocenters. The maximum absolute atomic E-state index is 13.2. The fourth-order valence-corrected chi connectivity index (χ4v) is 5.43. The second kappa shape index (κ2) is 9.26. The van der Waals surface area contributed by atoms with Crippen molar-refractivity contribution in [3.05, 3.63) is 39.9 Å². The number of aromatic nitrogens is 5. The molecule has 1 atom stereocenters. The van der Waals surface area contributed by atoms with Gasteiger partial charge >= 0.3 is 0 Å². The molecule has 1 aliphatic heterocycles. The van der Waals surface area contributed by atoms with Crippen molar-refractivity contribution < 1.29 is 9.47 Å². The van der Waals surface area contributed by atoms with Gasteiger partial charge in [0.05, 0.1) is 17.1 Å². The average Bonchev–Trinajstić information content (AvgIpc) is 3.59. The lowest BCUT2D eigenvalue weighted by Crippen LogP contribution is -2.42. The van der Waals surface area contributed by atoms with Crippen LogP contribution in [0.15, 0.2) is 23.0 Å². The van der Waals surface area contributed by atoms with Gasteiger partial charge in [-0.2, -0.15) is 0 Å². The molecule has 3 heterocycles. The van der Waals surface area contributed by atoms with Gasteiger partial charge in [0.1, 0.15) is 0 Å². The molecular weight excluding hydrogens is 444 g/mol. The first-order valence-electron chi connectivity index (χ1n) is 12.8. The van der Waals surface area contributed by atoms with Crippen molar-refractivity contribution in [1.29, 1.82) is 0 Å². The van der Waals surface area contributed by atoms with E-state index in [-0.39, 0.29) is 29.9 Å². The van der Waals surface area contributed by atoms with Crippen molar-refractivity contribution >= 4 is 10.9 Å². The number of hydrogen-bond donors (Lipinski definition) is 1. The van der Waals surface area contributed by atoms with Crippen molar-refractivity contribution in [2.75, 3.05) is 6.79 Å². The molecule has 0 spiro atoms. The summed E-state index contributed by atoms with van der Waals surface area (Å²) in [7, 11) is 0. The molecule has 1 fully saturated rings. The Bertz CT molecular complexity index is 1260. The van der Waals surface area contributed by atoms with E-state index in [0.29, 0.717) is 24.1 Å². The van der Waals surface area contributed by atoms with Crippen molar-refractivity contribution in [2.24, 2.45) is 5.92 Å². The lowest BCUT2D eigenvalue weighted by Gasteiger charge is -2.39. The fourth-order valence-electron chi connectivity index (χ4n) is 5.43. The normalized spacial score (nSPS) is 17.2. The maximum atomic E-state index is 13.2. The molecule has 9 nitrogen and oxygen atoms in total.